The number of anilines is 1. The van der Waals surface area contributed by atoms with Crippen molar-refractivity contribution >= 4 is 17.6 Å². The average molecular weight is 423 g/mol. The summed E-state index contributed by atoms with van der Waals surface area (Å²) in [5.74, 6) is 4.45. The van der Waals surface area contributed by atoms with Gasteiger partial charge >= 0.3 is 5.97 Å². The predicted octanol–water partition coefficient (Wildman–Crippen LogP) is 2.40. The molecule has 0 aliphatic carbocycles. The number of hydrogen-bond donors (Lipinski definition) is 3. The summed E-state index contributed by atoms with van der Waals surface area (Å²) in [4.78, 5) is 24.7. The second kappa shape index (κ2) is 8.80. The molecule has 3 N–H and O–H groups in total. The number of esters is 1. The summed E-state index contributed by atoms with van der Waals surface area (Å²) in [7, 11) is 1.57. The Labute approximate surface area is 181 Å². The molecular weight excluding hydrogens is 398 g/mol. The van der Waals surface area contributed by atoms with E-state index in [-0.39, 0.29) is 13.0 Å². The quantitative estimate of drug-likeness (QED) is 0.487. The van der Waals surface area contributed by atoms with E-state index < -0.39 is 29.5 Å². The number of carbonyl (C=O) groups excluding carboxylic acids is 2. The van der Waals surface area contributed by atoms with E-state index in [1.807, 2.05) is 38.1 Å². The number of methoxy groups -OCH3 is 1. The monoisotopic (exact) mass is 423 g/mol. The molecule has 1 heterocycles. The highest BCUT2D eigenvalue weighted by atomic mass is 16.5. The average Bonchev–Trinajstić information content (AvgIpc) is 3.12. The predicted molar refractivity (Wildman–Crippen MR) is 115 cm³/mol. The lowest BCUT2D eigenvalue weighted by atomic mass is 9.75. The molecule has 0 saturated carbocycles. The van der Waals surface area contributed by atoms with Crippen LogP contribution >= 0.6 is 0 Å². The third-order valence-corrected chi connectivity index (χ3v) is 5.24. The zero-order valence-electron chi connectivity index (χ0n) is 17.7. The SMILES string of the molecule is COc1cccc(C(C)(C)CC(O)(C#CCO)C(=O)Nc2ccc3c(c2)COC3=O)c1. The first-order chi connectivity index (χ1) is 14.7. The number of fused-ring (bicyclic) bond motifs is 1. The Morgan fingerprint density at radius 1 is 1.26 bits per heavy atom. The number of aliphatic hydroxyl groups is 2. The molecule has 2 aromatic carbocycles. The summed E-state index contributed by atoms with van der Waals surface area (Å²) < 4.78 is 10.3. The molecule has 1 amide bonds. The molecular formula is C24H25NO6. The van der Waals surface area contributed by atoms with Crippen molar-refractivity contribution in [3.8, 4) is 17.6 Å². The Morgan fingerprint density at radius 2 is 2.03 bits per heavy atom. The zero-order valence-corrected chi connectivity index (χ0v) is 17.7. The van der Waals surface area contributed by atoms with E-state index in [0.717, 1.165) is 5.56 Å². The normalized spacial score (nSPS) is 14.5. The highest BCUT2D eigenvalue weighted by Crippen LogP contribution is 2.35. The van der Waals surface area contributed by atoms with Gasteiger partial charge in [-0.1, -0.05) is 37.8 Å². The van der Waals surface area contributed by atoms with Gasteiger partial charge in [0.1, 0.15) is 19.0 Å². The van der Waals surface area contributed by atoms with Gasteiger partial charge in [-0.05, 0) is 41.3 Å². The zero-order chi connectivity index (χ0) is 22.6. The van der Waals surface area contributed by atoms with Crippen LogP contribution in [0, 0.1) is 11.8 Å². The molecule has 0 spiro atoms. The van der Waals surface area contributed by atoms with Gasteiger partial charge in [0, 0.05) is 17.7 Å². The molecule has 0 bridgehead atoms. The van der Waals surface area contributed by atoms with Gasteiger partial charge < -0.3 is 25.0 Å². The van der Waals surface area contributed by atoms with Crippen LogP contribution in [-0.2, 0) is 21.6 Å². The van der Waals surface area contributed by atoms with E-state index in [9.17, 15) is 14.7 Å². The van der Waals surface area contributed by atoms with Crippen LogP contribution in [0.4, 0.5) is 5.69 Å². The number of carbonyl (C=O) groups is 2. The molecule has 7 heteroatoms. The van der Waals surface area contributed by atoms with Crippen molar-refractivity contribution in [2.75, 3.05) is 19.0 Å². The van der Waals surface area contributed by atoms with Crippen molar-refractivity contribution in [3.05, 3.63) is 59.2 Å². The molecule has 0 saturated heterocycles. The summed E-state index contributed by atoms with van der Waals surface area (Å²) in [5.41, 5.74) is -0.344. The summed E-state index contributed by atoms with van der Waals surface area (Å²) >= 11 is 0. The second-order valence-electron chi connectivity index (χ2n) is 8.01. The van der Waals surface area contributed by atoms with E-state index in [0.29, 0.717) is 22.6 Å². The largest absolute Gasteiger partial charge is 0.497 e. The van der Waals surface area contributed by atoms with Crippen LogP contribution in [0.15, 0.2) is 42.5 Å². The minimum absolute atomic E-state index is 0.0292. The Bertz CT molecular complexity index is 1070. The van der Waals surface area contributed by atoms with Gasteiger partial charge in [-0.2, -0.15) is 0 Å². The van der Waals surface area contributed by atoms with Gasteiger partial charge in [0.15, 0.2) is 0 Å². The third kappa shape index (κ3) is 4.88. The molecule has 1 atom stereocenters. The van der Waals surface area contributed by atoms with Crippen LogP contribution in [0.25, 0.3) is 0 Å². The molecule has 1 aliphatic heterocycles. The lowest BCUT2D eigenvalue weighted by molar-refractivity contribution is -0.130. The maximum Gasteiger partial charge on any atom is 0.338 e. The fraction of sp³-hybridized carbons (Fsp3) is 0.333. The van der Waals surface area contributed by atoms with Gasteiger partial charge in [0.05, 0.1) is 12.7 Å². The van der Waals surface area contributed by atoms with Gasteiger partial charge in [-0.25, -0.2) is 4.79 Å². The van der Waals surface area contributed by atoms with Crippen molar-refractivity contribution in [2.24, 2.45) is 0 Å². The second-order valence-corrected chi connectivity index (χ2v) is 8.01. The first kappa shape index (κ1) is 22.3. The van der Waals surface area contributed by atoms with Crippen LogP contribution in [0.3, 0.4) is 0 Å². The number of hydrogen-bond acceptors (Lipinski definition) is 6. The van der Waals surface area contributed by atoms with Gasteiger partial charge in [-0.3, -0.25) is 4.79 Å². The number of nitrogens with one attached hydrogen (secondary N) is 1. The van der Waals surface area contributed by atoms with Crippen LogP contribution in [0.5, 0.6) is 5.75 Å². The Hall–Kier alpha value is -3.34. The van der Waals surface area contributed by atoms with Crippen LogP contribution in [0.1, 0.15) is 41.8 Å². The lowest BCUT2D eigenvalue weighted by Crippen LogP contribution is -2.46. The van der Waals surface area contributed by atoms with Gasteiger partial charge in [0.2, 0.25) is 5.60 Å². The molecule has 3 rings (SSSR count). The minimum atomic E-state index is -2.07. The lowest BCUT2D eigenvalue weighted by Gasteiger charge is -2.33. The first-order valence-electron chi connectivity index (χ1n) is 9.78. The van der Waals surface area contributed by atoms with Crippen molar-refractivity contribution < 1.29 is 29.3 Å². The molecule has 0 fully saturated rings. The van der Waals surface area contributed by atoms with E-state index >= 15 is 0 Å². The number of ether oxygens (including phenoxy) is 2. The smallest absolute Gasteiger partial charge is 0.338 e. The highest BCUT2D eigenvalue weighted by Gasteiger charge is 2.41. The van der Waals surface area contributed by atoms with Crippen LogP contribution in [-0.4, -0.2) is 41.4 Å². The molecule has 1 aliphatic rings. The van der Waals surface area contributed by atoms with E-state index in [1.54, 1.807) is 25.3 Å². The van der Waals surface area contributed by atoms with E-state index in [4.69, 9.17) is 14.6 Å². The Balaban J connectivity index is 1.87. The number of benzene rings is 2. The third-order valence-electron chi connectivity index (χ3n) is 5.24. The number of aliphatic hydroxyl groups excluding tert-OH is 1. The fourth-order valence-corrected chi connectivity index (χ4v) is 3.60. The van der Waals surface area contributed by atoms with E-state index in [1.165, 1.54) is 0 Å². The summed E-state index contributed by atoms with van der Waals surface area (Å²) in [6.07, 6.45) is -0.0292. The molecule has 2 aromatic rings. The van der Waals surface area contributed by atoms with Crippen molar-refractivity contribution in [1.82, 2.24) is 0 Å². The minimum Gasteiger partial charge on any atom is -0.497 e. The number of rotatable bonds is 6. The van der Waals surface area contributed by atoms with Gasteiger partial charge in [-0.15, -0.1) is 0 Å². The van der Waals surface area contributed by atoms with Crippen LogP contribution in [0.2, 0.25) is 0 Å². The molecule has 0 aromatic heterocycles. The molecule has 1 unspecified atom stereocenters. The maximum absolute atomic E-state index is 13.1. The van der Waals surface area contributed by atoms with Gasteiger partial charge in [0.25, 0.3) is 5.91 Å². The fourth-order valence-electron chi connectivity index (χ4n) is 3.60. The number of cyclic esters (lactones) is 1. The molecule has 162 valence electrons. The van der Waals surface area contributed by atoms with Crippen molar-refractivity contribution in [2.45, 2.75) is 37.9 Å². The summed E-state index contributed by atoms with van der Waals surface area (Å²) in [6.45, 7) is 3.42. The summed E-state index contributed by atoms with van der Waals surface area (Å²) in [5, 5.41) is 23.0. The molecule has 0 radical (unpaired) electrons. The Morgan fingerprint density at radius 3 is 2.74 bits per heavy atom. The topological polar surface area (TPSA) is 105 Å². The highest BCUT2D eigenvalue weighted by molar-refractivity contribution is 6.00. The standard InChI is InChI=1S/C24H25NO6/c1-23(2,17-6-4-7-19(13-17)30-3)15-24(29,10-5-11-26)22(28)25-18-8-9-20-16(12-18)14-31-21(20)27/h4,6-9,12-13,26,29H,11,14-15H2,1-3H3,(H,25,28). The number of amides is 1. The maximum atomic E-state index is 13.1. The first-order valence-corrected chi connectivity index (χ1v) is 9.78. The summed E-state index contributed by atoms with van der Waals surface area (Å²) in [6, 6.07) is 12.1. The molecule has 7 nitrogen and oxygen atoms in total. The van der Waals surface area contributed by atoms with Crippen molar-refractivity contribution in [3.63, 3.8) is 0 Å². The Kier molecular flexibility index (Phi) is 6.34. The molecule has 31 heavy (non-hydrogen) atoms. The van der Waals surface area contributed by atoms with E-state index in [2.05, 4.69) is 17.2 Å². The van der Waals surface area contributed by atoms with Crippen molar-refractivity contribution in [1.29, 1.82) is 0 Å². The van der Waals surface area contributed by atoms with Crippen LogP contribution < -0.4 is 10.1 Å².